The Hall–Kier alpha value is -1.76. The molecule has 0 spiro atoms. The average Bonchev–Trinajstić information content (AvgIpc) is 2.47. The molecular formula is C18H23N. The maximum absolute atomic E-state index is 3.58. The van der Waals surface area contributed by atoms with Gasteiger partial charge >= 0.3 is 0 Å². The molecule has 0 aromatic heterocycles. The summed E-state index contributed by atoms with van der Waals surface area (Å²) in [6.07, 6.45) is 2.21. The van der Waals surface area contributed by atoms with E-state index in [4.69, 9.17) is 0 Å². The van der Waals surface area contributed by atoms with Crippen LogP contribution in [0.2, 0.25) is 0 Å². The SMILES string of the molecule is CCC(C)CNc1ccccc1Cc1ccccc1. The molecule has 0 aliphatic rings. The monoisotopic (exact) mass is 253 g/mol. The van der Waals surface area contributed by atoms with Crippen LogP contribution in [-0.4, -0.2) is 6.54 Å². The minimum Gasteiger partial charge on any atom is -0.385 e. The van der Waals surface area contributed by atoms with Gasteiger partial charge in [-0.15, -0.1) is 0 Å². The number of hydrogen-bond donors (Lipinski definition) is 1. The summed E-state index contributed by atoms with van der Waals surface area (Å²) < 4.78 is 0. The summed E-state index contributed by atoms with van der Waals surface area (Å²) in [5.41, 5.74) is 4.00. The van der Waals surface area contributed by atoms with Crippen LogP contribution in [0.1, 0.15) is 31.4 Å². The Morgan fingerprint density at radius 1 is 0.947 bits per heavy atom. The van der Waals surface area contributed by atoms with Crippen molar-refractivity contribution < 1.29 is 0 Å². The van der Waals surface area contributed by atoms with Crippen LogP contribution < -0.4 is 5.32 Å². The van der Waals surface area contributed by atoms with E-state index in [1.807, 2.05) is 0 Å². The highest BCUT2D eigenvalue weighted by atomic mass is 14.9. The van der Waals surface area contributed by atoms with E-state index >= 15 is 0 Å². The Kier molecular flexibility index (Phi) is 5.02. The normalized spacial score (nSPS) is 12.1. The number of para-hydroxylation sites is 1. The molecule has 0 fully saturated rings. The van der Waals surface area contributed by atoms with Gasteiger partial charge in [0.1, 0.15) is 0 Å². The molecular weight excluding hydrogens is 230 g/mol. The topological polar surface area (TPSA) is 12.0 Å². The number of anilines is 1. The highest BCUT2D eigenvalue weighted by molar-refractivity contribution is 5.52. The van der Waals surface area contributed by atoms with Gasteiger partial charge in [-0.25, -0.2) is 0 Å². The van der Waals surface area contributed by atoms with Gasteiger partial charge in [0.05, 0.1) is 0 Å². The number of benzene rings is 2. The molecule has 1 N–H and O–H groups in total. The van der Waals surface area contributed by atoms with Crippen molar-refractivity contribution in [2.45, 2.75) is 26.7 Å². The molecule has 2 aromatic carbocycles. The van der Waals surface area contributed by atoms with Crippen LogP contribution in [0.15, 0.2) is 54.6 Å². The van der Waals surface area contributed by atoms with Crippen molar-refractivity contribution in [3.05, 3.63) is 65.7 Å². The number of hydrogen-bond acceptors (Lipinski definition) is 1. The van der Waals surface area contributed by atoms with E-state index in [-0.39, 0.29) is 0 Å². The van der Waals surface area contributed by atoms with E-state index < -0.39 is 0 Å². The van der Waals surface area contributed by atoms with Gasteiger partial charge in [-0.3, -0.25) is 0 Å². The molecule has 19 heavy (non-hydrogen) atoms. The van der Waals surface area contributed by atoms with Crippen molar-refractivity contribution in [1.82, 2.24) is 0 Å². The molecule has 0 bridgehead atoms. The van der Waals surface area contributed by atoms with Crippen molar-refractivity contribution in [2.24, 2.45) is 5.92 Å². The van der Waals surface area contributed by atoms with Crippen molar-refractivity contribution in [3.63, 3.8) is 0 Å². The van der Waals surface area contributed by atoms with Crippen LogP contribution in [0.3, 0.4) is 0 Å². The molecule has 1 nitrogen and oxygen atoms in total. The van der Waals surface area contributed by atoms with Crippen molar-refractivity contribution in [1.29, 1.82) is 0 Å². The Balaban J connectivity index is 2.08. The molecule has 0 amide bonds. The van der Waals surface area contributed by atoms with E-state index in [1.165, 1.54) is 23.2 Å². The van der Waals surface area contributed by atoms with Gasteiger partial charge < -0.3 is 5.32 Å². The minimum atomic E-state index is 0.713. The maximum Gasteiger partial charge on any atom is 0.0376 e. The zero-order valence-corrected chi connectivity index (χ0v) is 11.9. The fourth-order valence-corrected chi connectivity index (χ4v) is 2.09. The molecule has 100 valence electrons. The first-order valence-corrected chi connectivity index (χ1v) is 7.15. The van der Waals surface area contributed by atoms with Crippen LogP contribution >= 0.6 is 0 Å². The summed E-state index contributed by atoms with van der Waals surface area (Å²) in [6, 6.07) is 19.3. The van der Waals surface area contributed by atoms with Crippen molar-refractivity contribution >= 4 is 5.69 Å². The molecule has 2 aromatic rings. The van der Waals surface area contributed by atoms with Crippen LogP contribution in [0.4, 0.5) is 5.69 Å². The lowest BCUT2D eigenvalue weighted by Gasteiger charge is -2.15. The largest absolute Gasteiger partial charge is 0.385 e. The van der Waals surface area contributed by atoms with Gasteiger partial charge in [0.25, 0.3) is 0 Å². The molecule has 0 aliphatic carbocycles. The second-order valence-corrected chi connectivity index (χ2v) is 5.21. The second kappa shape index (κ2) is 6.98. The lowest BCUT2D eigenvalue weighted by atomic mass is 10.0. The zero-order valence-electron chi connectivity index (χ0n) is 11.9. The average molecular weight is 253 g/mol. The van der Waals surface area contributed by atoms with Crippen LogP contribution in [0, 0.1) is 5.92 Å². The zero-order chi connectivity index (χ0) is 13.5. The van der Waals surface area contributed by atoms with Gasteiger partial charge in [-0.1, -0.05) is 68.8 Å². The Labute approximate surface area is 116 Å². The summed E-state index contributed by atoms with van der Waals surface area (Å²) in [6.45, 7) is 5.57. The fourth-order valence-electron chi connectivity index (χ4n) is 2.09. The number of nitrogens with one attached hydrogen (secondary N) is 1. The highest BCUT2D eigenvalue weighted by Crippen LogP contribution is 2.19. The standard InChI is InChI=1S/C18H23N/c1-3-15(2)14-19-18-12-8-7-11-17(18)13-16-9-5-4-6-10-16/h4-12,15,19H,3,13-14H2,1-2H3. The molecule has 2 rings (SSSR count). The fraction of sp³-hybridized carbons (Fsp3) is 0.333. The molecule has 0 heterocycles. The third kappa shape index (κ3) is 4.13. The molecule has 1 heteroatoms. The van der Waals surface area contributed by atoms with Crippen molar-refractivity contribution in [3.8, 4) is 0 Å². The van der Waals surface area contributed by atoms with Gasteiger partial charge in [0.15, 0.2) is 0 Å². The minimum absolute atomic E-state index is 0.713. The first-order chi connectivity index (χ1) is 9.29. The lowest BCUT2D eigenvalue weighted by molar-refractivity contribution is 0.593. The molecule has 0 aliphatic heterocycles. The van der Waals surface area contributed by atoms with Gasteiger partial charge in [-0.2, -0.15) is 0 Å². The van der Waals surface area contributed by atoms with Crippen LogP contribution in [0.5, 0.6) is 0 Å². The van der Waals surface area contributed by atoms with Crippen molar-refractivity contribution in [2.75, 3.05) is 11.9 Å². The third-order valence-electron chi connectivity index (χ3n) is 3.59. The predicted molar refractivity (Wildman–Crippen MR) is 83.6 cm³/mol. The van der Waals surface area contributed by atoms with E-state index in [0.717, 1.165) is 13.0 Å². The lowest BCUT2D eigenvalue weighted by Crippen LogP contribution is -2.11. The predicted octanol–water partition coefficient (Wildman–Crippen LogP) is 4.74. The first kappa shape index (κ1) is 13.7. The third-order valence-corrected chi connectivity index (χ3v) is 3.59. The van der Waals surface area contributed by atoms with E-state index in [0.29, 0.717) is 5.92 Å². The maximum atomic E-state index is 3.58. The van der Waals surface area contributed by atoms with Gasteiger partial charge in [0, 0.05) is 12.2 Å². The van der Waals surface area contributed by atoms with Gasteiger partial charge in [-0.05, 0) is 29.5 Å². The van der Waals surface area contributed by atoms with E-state index in [2.05, 4.69) is 73.8 Å². The second-order valence-electron chi connectivity index (χ2n) is 5.21. The Morgan fingerprint density at radius 3 is 2.37 bits per heavy atom. The van der Waals surface area contributed by atoms with Gasteiger partial charge in [0.2, 0.25) is 0 Å². The number of rotatable bonds is 6. The van der Waals surface area contributed by atoms with E-state index in [1.54, 1.807) is 0 Å². The molecule has 1 atom stereocenters. The quantitative estimate of drug-likeness (QED) is 0.784. The highest BCUT2D eigenvalue weighted by Gasteiger charge is 2.04. The Bertz CT molecular complexity index is 490. The first-order valence-electron chi connectivity index (χ1n) is 7.15. The molecule has 1 unspecified atom stereocenters. The summed E-state index contributed by atoms with van der Waals surface area (Å²) in [5.74, 6) is 0.713. The summed E-state index contributed by atoms with van der Waals surface area (Å²) in [4.78, 5) is 0. The molecule has 0 saturated carbocycles. The molecule has 0 saturated heterocycles. The summed E-state index contributed by atoms with van der Waals surface area (Å²) in [7, 11) is 0. The van der Waals surface area contributed by atoms with Crippen LogP contribution in [-0.2, 0) is 6.42 Å². The molecule has 0 radical (unpaired) electrons. The van der Waals surface area contributed by atoms with E-state index in [9.17, 15) is 0 Å². The smallest absolute Gasteiger partial charge is 0.0376 e. The van der Waals surface area contributed by atoms with Crippen LogP contribution in [0.25, 0.3) is 0 Å². The summed E-state index contributed by atoms with van der Waals surface area (Å²) >= 11 is 0. The summed E-state index contributed by atoms with van der Waals surface area (Å²) in [5, 5.41) is 3.58. The Morgan fingerprint density at radius 2 is 1.63 bits per heavy atom.